The fourth-order valence-corrected chi connectivity index (χ4v) is 2.71. The highest BCUT2D eigenvalue weighted by atomic mass is 15.3. The molecule has 1 aliphatic heterocycles. The van der Waals surface area contributed by atoms with Gasteiger partial charge in [-0.05, 0) is 37.9 Å². The monoisotopic (exact) mass is 241 g/mol. The van der Waals surface area contributed by atoms with E-state index in [2.05, 4.69) is 47.7 Å². The summed E-state index contributed by atoms with van der Waals surface area (Å²) in [7, 11) is 2.03. The second kappa shape index (κ2) is 4.58. The summed E-state index contributed by atoms with van der Waals surface area (Å²) < 4.78 is 2.00. The number of hydrogen-bond donors (Lipinski definition) is 1. The lowest BCUT2D eigenvalue weighted by molar-refractivity contribution is 0.607. The van der Waals surface area contributed by atoms with Crippen LogP contribution in [0.5, 0.6) is 0 Å². The van der Waals surface area contributed by atoms with Gasteiger partial charge < -0.3 is 5.32 Å². The summed E-state index contributed by atoms with van der Waals surface area (Å²) in [5, 5.41) is 8.17. The Morgan fingerprint density at radius 3 is 2.89 bits per heavy atom. The van der Waals surface area contributed by atoms with Crippen molar-refractivity contribution in [2.75, 3.05) is 6.54 Å². The maximum absolute atomic E-state index is 4.66. The third kappa shape index (κ3) is 1.95. The van der Waals surface area contributed by atoms with Gasteiger partial charge in [0.2, 0.25) is 0 Å². The Kier molecular flexibility index (Phi) is 2.92. The van der Waals surface area contributed by atoms with Gasteiger partial charge >= 0.3 is 0 Å². The van der Waals surface area contributed by atoms with Gasteiger partial charge in [-0.25, -0.2) is 0 Å². The van der Waals surface area contributed by atoms with Crippen LogP contribution in [0.2, 0.25) is 0 Å². The molecule has 1 atom stereocenters. The molecule has 0 saturated carbocycles. The average molecular weight is 241 g/mol. The van der Waals surface area contributed by atoms with E-state index in [0.717, 1.165) is 6.54 Å². The molecule has 2 heterocycles. The lowest BCUT2D eigenvalue weighted by Gasteiger charge is -2.04. The summed E-state index contributed by atoms with van der Waals surface area (Å²) in [5.74, 6) is 0. The van der Waals surface area contributed by atoms with Crippen molar-refractivity contribution >= 4 is 0 Å². The molecular weight excluding hydrogens is 222 g/mol. The second-order valence-corrected chi connectivity index (χ2v) is 5.04. The zero-order chi connectivity index (χ0) is 12.5. The molecule has 1 fully saturated rings. The predicted molar refractivity (Wildman–Crippen MR) is 73.4 cm³/mol. The van der Waals surface area contributed by atoms with Crippen molar-refractivity contribution in [3.05, 3.63) is 41.6 Å². The highest BCUT2D eigenvalue weighted by Crippen LogP contribution is 2.28. The molecule has 1 N–H and O–H groups in total. The lowest BCUT2D eigenvalue weighted by atomic mass is 10.0. The van der Waals surface area contributed by atoms with Gasteiger partial charge in [0.15, 0.2) is 0 Å². The van der Waals surface area contributed by atoms with Crippen LogP contribution in [0.25, 0.3) is 11.3 Å². The molecule has 0 bridgehead atoms. The summed E-state index contributed by atoms with van der Waals surface area (Å²) in [5.41, 5.74) is 4.95. The molecule has 1 aromatic heterocycles. The zero-order valence-corrected chi connectivity index (χ0v) is 11.0. The minimum absolute atomic E-state index is 0.439. The van der Waals surface area contributed by atoms with Gasteiger partial charge in [0.1, 0.15) is 0 Å². The highest BCUT2D eigenvalue weighted by molar-refractivity contribution is 5.64. The lowest BCUT2D eigenvalue weighted by Crippen LogP contribution is -2.13. The molecule has 3 rings (SSSR count). The summed E-state index contributed by atoms with van der Waals surface area (Å²) in [6.45, 7) is 3.26. The van der Waals surface area contributed by atoms with E-state index in [1.54, 1.807) is 0 Å². The van der Waals surface area contributed by atoms with Crippen LogP contribution in [0.4, 0.5) is 0 Å². The van der Waals surface area contributed by atoms with Crippen molar-refractivity contribution < 1.29 is 0 Å². The van der Waals surface area contributed by atoms with E-state index in [-0.39, 0.29) is 0 Å². The molecule has 0 aliphatic carbocycles. The van der Waals surface area contributed by atoms with Crippen molar-refractivity contribution in [2.45, 2.75) is 25.8 Å². The van der Waals surface area contributed by atoms with Crippen LogP contribution in [-0.2, 0) is 7.05 Å². The highest BCUT2D eigenvalue weighted by Gasteiger charge is 2.20. The molecule has 3 nitrogen and oxygen atoms in total. The Balaban J connectivity index is 2.00. The van der Waals surface area contributed by atoms with Gasteiger partial charge in [-0.2, -0.15) is 5.10 Å². The van der Waals surface area contributed by atoms with Crippen molar-refractivity contribution in [1.29, 1.82) is 0 Å². The molecule has 1 unspecified atom stereocenters. The normalized spacial score (nSPS) is 19.3. The van der Waals surface area contributed by atoms with E-state index in [1.807, 2.05) is 11.7 Å². The molecule has 3 heteroatoms. The maximum atomic E-state index is 4.66. The molecule has 1 saturated heterocycles. The molecule has 0 amide bonds. The summed E-state index contributed by atoms with van der Waals surface area (Å²) in [6.07, 6.45) is 2.45. The van der Waals surface area contributed by atoms with Gasteiger partial charge in [0.25, 0.3) is 0 Å². The molecular formula is C15H19N3. The largest absolute Gasteiger partial charge is 0.309 e. The van der Waals surface area contributed by atoms with Crippen molar-refractivity contribution in [3.8, 4) is 11.3 Å². The first-order valence-electron chi connectivity index (χ1n) is 6.59. The second-order valence-electron chi connectivity index (χ2n) is 5.04. The fourth-order valence-electron chi connectivity index (χ4n) is 2.71. The van der Waals surface area contributed by atoms with Gasteiger partial charge in [0, 0.05) is 12.6 Å². The maximum Gasteiger partial charge on any atom is 0.0800 e. The van der Waals surface area contributed by atoms with Crippen LogP contribution in [0.15, 0.2) is 30.3 Å². The molecule has 94 valence electrons. The van der Waals surface area contributed by atoms with Gasteiger partial charge in [-0.3, -0.25) is 4.68 Å². The Morgan fingerprint density at radius 1 is 1.33 bits per heavy atom. The summed E-state index contributed by atoms with van der Waals surface area (Å²) in [4.78, 5) is 0. The van der Waals surface area contributed by atoms with E-state index in [9.17, 15) is 0 Å². The Morgan fingerprint density at radius 2 is 2.17 bits per heavy atom. The van der Waals surface area contributed by atoms with E-state index < -0.39 is 0 Å². The van der Waals surface area contributed by atoms with E-state index >= 15 is 0 Å². The van der Waals surface area contributed by atoms with Crippen LogP contribution in [-0.4, -0.2) is 16.3 Å². The molecule has 18 heavy (non-hydrogen) atoms. The molecule has 2 aromatic rings. The number of nitrogens with zero attached hydrogens (tertiary/aromatic N) is 2. The molecule has 1 aromatic carbocycles. The van der Waals surface area contributed by atoms with E-state index in [4.69, 9.17) is 0 Å². The number of rotatable bonds is 2. The van der Waals surface area contributed by atoms with Gasteiger partial charge in [-0.1, -0.05) is 24.3 Å². The minimum Gasteiger partial charge on any atom is -0.309 e. The average Bonchev–Trinajstić information content (AvgIpc) is 2.99. The minimum atomic E-state index is 0.439. The van der Waals surface area contributed by atoms with E-state index in [1.165, 1.54) is 35.4 Å². The predicted octanol–water partition coefficient (Wildman–Crippen LogP) is 2.82. The molecule has 0 radical (unpaired) electrons. The third-order valence-electron chi connectivity index (χ3n) is 3.74. The number of aryl methyl sites for hydroxylation is 2. The molecule has 0 spiro atoms. The summed E-state index contributed by atoms with van der Waals surface area (Å²) >= 11 is 0. The van der Waals surface area contributed by atoms with Gasteiger partial charge in [0.05, 0.1) is 17.4 Å². The Hall–Kier alpha value is -1.61. The Bertz CT molecular complexity index is 551. The van der Waals surface area contributed by atoms with Crippen LogP contribution < -0.4 is 5.32 Å². The number of benzene rings is 1. The number of aromatic nitrogens is 2. The van der Waals surface area contributed by atoms with Crippen molar-refractivity contribution in [1.82, 2.24) is 15.1 Å². The topological polar surface area (TPSA) is 29.9 Å². The Labute approximate surface area is 108 Å². The summed E-state index contributed by atoms with van der Waals surface area (Å²) in [6, 6.07) is 11.1. The standard InChI is InChI=1S/C15H19N3/c1-11-6-3-4-7-12(11)15-10-14(17-18(15)2)13-8-5-9-16-13/h3-4,6-7,10,13,16H,5,8-9H2,1-2H3. The number of nitrogens with one attached hydrogen (secondary N) is 1. The van der Waals surface area contributed by atoms with E-state index in [0.29, 0.717) is 6.04 Å². The first-order chi connectivity index (χ1) is 8.75. The van der Waals surface area contributed by atoms with Crippen LogP contribution in [0.1, 0.15) is 30.1 Å². The molecule has 1 aliphatic rings. The van der Waals surface area contributed by atoms with Gasteiger partial charge in [-0.15, -0.1) is 0 Å². The SMILES string of the molecule is Cc1ccccc1-c1cc(C2CCCN2)nn1C. The smallest absolute Gasteiger partial charge is 0.0800 e. The first kappa shape index (κ1) is 11.5. The first-order valence-corrected chi connectivity index (χ1v) is 6.59. The third-order valence-corrected chi connectivity index (χ3v) is 3.74. The fraction of sp³-hybridized carbons (Fsp3) is 0.400. The van der Waals surface area contributed by atoms with Crippen LogP contribution >= 0.6 is 0 Å². The van der Waals surface area contributed by atoms with Crippen LogP contribution in [0.3, 0.4) is 0 Å². The zero-order valence-electron chi connectivity index (χ0n) is 11.0. The van der Waals surface area contributed by atoms with Crippen LogP contribution in [0, 0.1) is 6.92 Å². The van der Waals surface area contributed by atoms with Crippen molar-refractivity contribution in [3.63, 3.8) is 0 Å². The number of hydrogen-bond acceptors (Lipinski definition) is 2. The quantitative estimate of drug-likeness (QED) is 0.876. The van der Waals surface area contributed by atoms with Crippen molar-refractivity contribution in [2.24, 2.45) is 7.05 Å².